The van der Waals surface area contributed by atoms with Crippen molar-refractivity contribution in [1.82, 2.24) is 9.97 Å². The zero-order valence-corrected chi connectivity index (χ0v) is 10.8. The SMILES string of the molecule is COc1ccccc1C1CC(=O)Nc2nc[nH]c(=O)c21. The number of aromatic amines is 1. The Kier molecular flexibility index (Phi) is 2.98. The number of hydrogen-bond acceptors (Lipinski definition) is 4. The molecule has 2 heterocycles. The van der Waals surface area contributed by atoms with E-state index in [0.29, 0.717) is 17.1 Å². The molecule has 0 saturated carbocycles. The summed E-state index contributed by atoms with van der Waals surface area (Å²) >= 11 is 0. The van der Waals surface area contributed by atoms with Crippen molar-refractivity contribution in [2.24, 2.45) is 0 Å². The van der Waals surface area contributed by atoms with Gasteiger partial charge >= 0.3 is 0 Å². The van der Waals surface area contributed by atoms with E-state index in [1.165, 1.54) is 6.33 Å². The van der Waals surface area contributed by atoms with Crippen molar-refractivity contribution in [3.05, 3.63) is 52.1 Å². The van der Waals surface area contributed by atoms with Gasteiger partial charge in [0.2, 0.25) is 5.91 Å². The summed E-state index contributed by atoms with van der Waals surface area (Å²) in [6.07, 6.45) is 1.48. The molecule has 0 radical (unpaired) electrons. The molecule has 1 aromatic heterocycles. The first kappa shape index (κ1) is 12.4. The van der Waals surface area contributed by atoms with Crippen LogP contribution in [0, 0.1) is 0 Å². The van der Waals surface area contributed by atoms with Gasteiger partial charge in [-0.2, -0.15) is 0 Å². The molecule has 102 valence electrons. The Labute approximate surface area is 114 Å². The topological polar surface area (TPSA) is 84.1 Å². The van der Waals surface area contributed by atoms with Crippen LogP contribution in [0.5, 0.6) is 5.75 Å². The molecule has 0 fully saturated rings. The molecule has 1 aliphatic heterocycles. The van der Waals surface area contributed by atoms with Gasteiger partial charge in [0, 0.05) is 17.9 Å². The van der Waals surface area contributed by atoms with Crippen LogP contribution in [0.25, 0.3) is 0 Å². The second-order valence-electron chi connectivity index (χ2n) is 4.54. The molecule has 2 aromatic rings. The van der Waals surface area contributed by atoms with E-state index < -0.39 is 0 Å². The van der Waals surface area contributed by atoms with Gasteiger partial charge in [0.15, 0.2) is 0 Å². The van der Waals surface area contributed by atoms with Gasteiger partial charge in [-0.15, -0.1) is 0 Å². The van der Waals surface area contributed by atoms with Crippen LogP contribution in [0.1, 0.15) is 23.5 Å². The summed E-state index contributed by atoms with van der Waals surface area (Å²) in [5.41, 5.74) is 1.03. The van der Waals surface area contributed by atoms with Crippen LogP contribution in [0.15, 0.2) is 35.4 Å². The number of amides is 1. The number of hydrogen-bond donors (Lipinski definition) is 2. The van der Waals surface area contributed by atoms with E-state index in [-0.39, 0.29) is 23.8 Å². The maximum atomic E-state index is 12.1. The predicted octanol–water partition coefficient (Wildman–Crippen LogP) is 1.25. The van der Waals surface area contributed by atoms with E-state index in [0.717, 1.165) is 5.56 Å². The molecule has 20 heavy (non-hydrogen) atoms. The smallest absolute Gasteiger partial charge is 0.256 e. The largest absolute Gasteiger partial charge is 0.496 e. The lowest BCUT2D eigenvalue weighted by Gasteiger charge is -2.25. The maximum absolute atomic E-state index is 12.1. The molecule has 0 spiro atoms. The molecule has 1 aromatic carbocycles. The fourth-order valence-electron chi connectivity index (χ4n) is 2.52. The van der Waals surface area contributed by atoms with E-state index in [1.54, 1.807) is 7.11 Å². The van der Waals surface area contributed by atoms with E-state index in [9.17, 15) is 9.59 Å². The average molecular weight is 271 g/mol. The quantitative estimate of drug-likeness (QED) is 0.861. The minimum absolute atomic E-state index is 0.161. The number of ether oxygens (including phenoxy) is 1. The molecule has 0 saturated heterocycles. The van der Waals surface area contributed by atoms with Gasteiger partial charge in [-0.3, -0.25) is 9.59 Å². The zero-order valence-electron chi connectivity index (χ0n) is 10.8. The highest BCUT2D eigenvalue weighted by Crippen LogP contribution is 2.37. The van der Waals surface area contributed by atoms with Crippen LogP contribution < -0.4 is 15.6 Å². The fourth-order valence-corrected chi connectivity index (χ4v) is 2.52. The lowest BCUT2D eigenvalue weighted by Crippen LogP contribution is -2.30. The van der Waals surface area contributed by atoms with Crippen molar-refractivity contribution in [1.29, 1.82) is 0 Å². The van der Waals surface area contributed by atoms with Gasteiger partial charge in [0.25, 0.3) is 5.56 Å². The fraction of sp³-hybridized carbons (Fsp3) is 0.214. The average Bonchev–Trinajstić information content (AvgIpc) is 2.46. The van der Waals surface area contributed by atoms with Gasteiger partial charge in [-0.1, -0.05) is 18.2 Å². The Morgan fingerprint density at radius 2 is 2.10 bits per heavy atom. The van der Waals surface area contributed by atoms with Gasteiger partial charge in [-0.05, 0) is 6.07 Å². The van der Waals surface area contributed by atoms with Crippen molar-refractivity contribution < 1.29 is 9.53 Å². The normalized spacial score (nSPS) is 17.2. The molecule has 0 bridgehead atoms. The Hall–Kier alpha value is -2.63. The molecular weight excluding hydrogens is 258 g/mol. The van der Waals surface area contributed by atoms with Crippen molar-refractivity contribution >= 4 is 11.7 Å². The summed E-state index contributed by atoms with van der Waals surface area (Å²) in [6.45, 7) is 0. The Bertz CT molecular complexity index is 724. The lowest BCUT2D eigenvalue weighted by molar-refractivity contribution is -0.116. The van der Waals surface area contributed by atoms with Gasteiger partial charge < -0.3 is 15.0 Å². The van der Waals surface area contributed by atoms with E-state index in [4.69, 9.17) is 4.74 Å². The number of fused-ring (bicyclic) bond motifs is 1. The zero-order chi connectivity index (χ0) is 14.1. The summed E-state index contributed by atoms with van der Waals surface area (Å²) in [5.74, 6) is 0.459. The molecule has 1 amide bonds. The number of benzene rings is 1. The maximum Gasteiger partial charge on any atom is 0.256 e. The van der Waals surface area contributed by atoms with E-state index >= 15 is 0 Å². The van der Waals surface area contributed by atoms with E-state index in [1.807, 2.05) is 24.3 Å². The number of carbonyl (C=O) groups excluding carboxylic acids is 1. The van der Waals surface area contributed by atoms with Crippen molar-refractivity contribution in [3.63, 3.8) is 0 Å². The number of rotatable bonds is 2. The summed E-state index contributed by atoms with van der Waals surface area (Å²) in [4.78, 5) is 30.5. The minimum atomic E-state index is -0.354. The number of nitrogens with one attached hydrogen (secondary N) is 2. The number of carbonyl (C=O) groups is 1. The Morgan fingerprint density at radius 3 is 2.90 bits per heavy atom. The van der Waals surface area contributed by atoms with Crippen LogP contribution in [0.2, 0.25) is 0 Å². The molecule has 3 rings (SSSR count). The lowest BCUT2D eigenvalue weighted by atomic mass is 9.86. The Balaban J connectivity index is 2.21. The summed E-state index contributed by atoms with van der Waals surface area (Å²) in [7, 11) is 1.57. The second kappa shape index (κ2) is 4.80. The molecule has 6 heteroatoms. The molecular formula is C14H13N3O3. The second-order valence-corrected chi connectivity index (χ2v) is 4.54. The van der Waals surface area contributed by atoms with Crippen LogP contribution in [0.3, 0.4) is 0 Å². The third-order valence-electron chi connectivity index (χ3n) is 3.40. The highest BCUT2D eigenvalue weighted by molar-refractivity contribution is 5.94. The monoisotopic (exact) mass is 271 g/mol. The summed E-state index contributed by atoms with van der Waals surface area (Å²) in [6, 6.07) is 7.37. The first-order chi connectivity index (χ1) is 9.70. The van der Waals surface area contributed by atoms with Gasteiger partial charge in [0.05, 0.1) is 19.0 Å². The van der Waals surface area contributed by atoms with Crippen LogP contribution in [-0.4, -0.2) is 23.0 Å². The molecule has 6 nitrogen and oxygen atoms in total. The molecule has 0 aliphatic carbocycles. The number of aromatic nitrogens is 2. The molecule has 1 aliphatic rings. The highest BCUT2D eigenvalue weighted by Gasteiger charge is 2.31. The standard InChI is InChI=1S/C14H13N3O3/c1-20-10-5-3-2-4-8(10)9-6-11(18)17-13-12(9)14(19)16-7-15-13/h2-5,7,9H,6H2,1H3,(H2,15,16,17,18,19). The summed E-state index contributed by atoms with van der Waals surface area (Å²) in [5, 5.41) is 2.63. The molecule has 1 atom stereocenters. The van der Waals surface area contributed by atoms with E-state index in [2.05, 4.69) is 15.3 Å². The molecule has 1 unspecified atom stereocenters. The van der Waals surface area contributed by atoms with Gasteiger partial charge in [0.1, 0.15) is 11.6 Å². The van der Waals surface area contributed by atoms with Crippen molar-refractivity contribution in [2.45, 2.75) is 12.3 Å². The summed E-state index contributed by atoms with van der Waals surface area (Å²) < 4.78 is 5.32. The first-order valence-corrected chi connectivity index (χ1v) is 6.21. The van der Waals surface area contributed by atoms with Crippen LogP contribution in [0.4, 0.5) is 5.82 Å². The third kappa shape index (κ3) is 1.95. The van der Waals surface area contributed by atoms with Crippen LogP contribution >= 0.6 is 0 Å². The minimum Gasteiger partial charge on any atom is -0.496 e. The number of anilines is 1. The number of para-hydroxylation sites is 1. The number of methoxy groups -OCH3 is 1. The number of H-pyrrole nitrogens is 1. The third-order valence-corrected chi connectivity index (χ3v) is 3.40. The highest BCUT2D eigenvalue weighted by atomic mass is 16.5. The number of nitrogens with zero attached hydrogens (tertiary/aromatic N) is 1. The van der Waals surface area contributed by atoms with Crippen molar-refractivity contribution in [3.8, 4) is 5.75 Å². The molecule has 2 N–H and O–H groups in total. The first-order valence-electron chi connectivity index (χ1n) is 6.21. The van der Waals surface area contributed by atoms with Crippen molar-refractivity contribution in [2.75, 3.05) is 12.4 Å². The predicted molar refractivity (Wildman–Crippen MR) is 72.9 cm³/mol. The van der Waals surface area contributed by atoms with Crippen LogP contribution in [-0.2, 0) is 4.79 Å². The van der Waals surface area contributed by atoms with Gasteiger partial charge in [-0.25, -0.2) is 4.98 Å². The Morgan fingerprint density at radius 1 is 1.30 bits per heavy atom.